The van der Waals surface area contributed by atoms with Gasteiger partial charge in [-0.15, -0.1) is 10.2 Å². The molecule has 0 fully saturated rings. The summed E-state index contributed by atoms with van der Waals surface area (Å²) < 4.78 is 10.9. The van der Waals surface area contributed by atoms with Gasteiger partial charge in [-0.3, -0.25) is 0 Å². The molecule has 0 bridgehead atoms. The van der Waals surface area contributed by atoms with Gasteiger partial charge in [-0.2, -0.15) is 0 Å². The van der Waals surface area contributed by atoms with Gasteiger partial charge < -0.3 is 14.9 Å². The Bertz CT molecular complexity index is 555. The highest BCUT2D eigenvalue weighted by atomic mass is 35.5. The summed E-state index contributed by atoms with van der Waals surface area (Å²) in [4.78, 5) is 0. The summed E-state index contributed by atoms with van der Waals surface area (Å²) in [6.07, 6.45) is 0.693. The van der Waals surface area contributed by atoms with Crippen LogP contribution >= 0.6 is 11.6 Å². The number of nitrogens with zero attached hydrogens (tertiary/aromatic N) is 2. The highest BCUT2D eigenvalue weighted by molar-refractivity contribution is 6.32. The molecule has 5 nitrogen and oxygen atoms in total. The lowest BCUT2D eigenvalue weighted by Crippen LogP contribution is -2.18. The van der Waals surface area contributed by atoms with Crippen LogP contribution in [0.25, 0.3) is 0 Å². The standard InChI is InChI=1S/C13H16ClN3O2/c1-8(15)6-10-4-3-5-11(14)13(10)18-7-12-17-16-9(2)19-12/h3-5,8H,6-7,15H2,1-2H3. The van der Waals surface area contributed by atoms with Gasteiger partial charge in [0, 0.05) is 13.0 Å². The average molecular weight is 282 g/mol. The molecule has 0 radical (unpaired) electrons. The summed E-state index contributed by atoms with van der Waals surface area (Å²) in [7, 11) is 0. The van der Waals surface area contributed by atoms with Crippen molar-refractivity contribution in [3.8, 4) is 5.75 Å². The molecule has 2 aromatic rings. The zero-order chi connectivity index (χ0) is 13.8. The number of aryl methyl sites for hydroxylation is 1. The predicted octanol–water partition coefficient (Wildman–Crippen LogP) is 2.50. The molecule has 0 amide bonds. The van der Waals surface area contributed by atoms with Crippen LogP contribution in [0.15, 0.2) is 22.6 Å². The molecule has 6 heteroatoms. The molecule has 102 valence electrons. The van der Waals surface area contributed by atoms with E-state index in [0.29, 0.717) is 29.0 Å². The molecular formula is C13H16ClN3O2. The molecule has 2 N–H and O–H groups in total. The van der Waals surface area contributed by atoms with Crippen LogP contribution in [-0.4, -0.2) is 16.2 Å². The number of aromatic nitrogens is 2. The maximum absolute atomic E-state index is 6.15. The van der Waals surface area contributed by atoms with Gasteiger partial charge in [0.05, 0.1) is 5.02 Å². The molecule has 2 rings (SSSR count). The fraction of sp³-hybridized carbons (Fsp3) is 0.385. The number of hydrogen-bond acceptors (Lipinski definition) is 5. The SMILES string of the molecule is Cc1nnc(COc2c(Cl)cccc2CC(C)N)o1. The molecule has 0 aliphatic carbocycles. The Balaban J connectivity index is 2.14. The van der Waals surface area contributed by atoms with Crippen molar-refractivity contribution in [1.82, 2.24) is 10.2 Å². The molecule has 0 saturated carbocycles. The summed E-state index contributed by atoms with van der Waals surface area (Å²) >= 11 is 6.15. The van der Waals surface area contributed by atoms with E-state index in [1.807, 2.05) is 19.1 Å². The number of ether oxygens (including phenoxy) is 1. The lowest BCUT2D eigenvalue weighted by molar-refractivity contribution is 0.258. The largest absolute Gasteiger partial charge is 0.482 e. The minimum absolute atomic E-state index is 0.0338. The van der Waals surface area contributed by atoms with Crippen molar-refractivity contribution in [2.75, 3.05) is 0 Å². The molecule has 1 unspecified atom stereocenters. The fourth-order valence-corrected chi connectivity index (χ4v) is 2.00. The second kappa shape index (κ2) is 6.04. The molecule has 1 atom stereocenters. The number of para-hydroxylation sites is 1. The van der Waals surface area contributed by atoms with Gasteiger partial charge in [-0.05, 0) is 25.0 Å². The van der Waals surface area contributed by atoms with Crippen LogP contribution in [0.5, 0.6) is 5.75 Å². The Hall–Kier alpha value is -1.59. The molecule has 1 aromatic carbocycles. The first kappa shape index (κ1) is 13.8. The zero-order valence-electron chi connectivity index (χ0n) is 10.9. The Morgan fingerprint density at radius 2 is 2.21 bits per heavy atom. The second-order valence-electron chi connectivity index (χ2n) is 4.41. The van der Waals surface area contributed by atoms with Gasteiger partial charge in [-0.1, -0.05) is 23.7 Å². The first-order chi connectivity index (χ1) is 9.06. The maximum Gasteiger partial charge on any atom is 0.253 e. The van der Waals surface area contributed by atoms with Gasteiger partial charge >= 0.3 is 0 Å². The quantitative estimate of drug-likeness (QED) is 0.911. The van der Waals surface area contributed by atoms with Gasteiger partial charge in [0.2, 0.25) is 5.89 Å². The second-order valence-corrected chi connectivity index (χ2v) is 4.82. The summed E-state index contributed by atoms with van der Waals surface area (Å²) in [6, 6.07) is 5.64. The number of hydrogen-bond donors (Lipinski definition) is 1. The molecule has 1 heterocycles. The van der Waals surface area contributed by atoms with Crippen molar-refractivity contribution in [2.45, 2.75) is 32.9 Å². The van der Waals surface area contributed by atoms with E-state index >= 15 is 0 Å². The molecule has 0 saturated heterocycles. The van der Waals surface area contributed by atoms with E-state index in [4.69, 9.17) is 26.5 Å². The number of rotatable bonds is 5. The van der Waals surface area contributed by atoms with Crippen LogP contribution in [0.4, 0.5) is 0 Å². The molecule has 0 aliphatic heterocycles. The van der Waals surface area contributed by atoms with Crippen molar-refractivity contribution >= 4 is 11.6 Å². The van der Waals surface area contributed by atoms with Crippen molar-refractivity contribution in [2.24, 2.45) is 5.73 Å². The van der Waals surface area contributed by atoms with Crippen molar-refractivity contribution in [3.63, 3.8) is 0 Å². The first-order valence-electron chi connectivity index (χ1n) is 6.01. The Morgan fingerprint density at radius 1 is 1.42 bits per heavy atom. The van der Waals surface area contributed by atoms with E-state index in [2.05, 4.69) is 10.2 Å². The van der Waals surface area contributed by atoms with Crippen molar-refractivity contribution in [1.29, 1.82) is 0 Å². The predicted molar refractivity (Wildman–Crippen MR) is 72.2 cm³/mol. The monoisotopic (exact) mass is 281 g/mol. The van der Waals surface area contributed by atoms with Crippen molar-refractivity contribution in [3.05, 3.63) is 40.6 Å². The van der Waals surface area contributed by atoms with E-state index in [1.54, 1.807) is 13.0 Å². The van der Waals surface area contributed by atoms with Gasteiger partial charge in [0.15, 0.2) is 6.61 Å². The summed E-state index contributed by atoms with van der Waals surface area (Å²) in [6.45, 7) is 3.86. The minimum Gasteiger partial charge on any atom is -0.482 e. The minimum atomic E-state index is 0.0338. The van der Waals surface area contributed by atoms with Gasteiger partial charge in [0.1, 0.15) is 5.75 Å². The summed E-state index contributed by atoms with van der Waals surface area (Å²) in [5.41, 5.74) is 6.79. The van der Waals surface area contributed by atoms with Crippen LogP contribution in [-0.2, 0) is 13.0 Å². The zero-order valence-corrected chi connectivity index (χ0v) is 11.6. The van der Waals surface area contributed by atoms with E-state index in [9.17, 15) is 0 Å². The van der Waals surface area contributed by atoms with E-state index in [1.165, 1.54) is 0 Å². The van der Waals surface area contributed by atoms with Crippen LogP contribution in [0.1, 0.15) is 24.3 Å². The fourth-order valence-electron chi connectivity index (χ4n) is 1.75. The smallest absolute Gasteiger partial charge is 0.253 e. The van der Waals surface area contributed by atoms with E-state index in [0.717, 1.165) is 5.56 Å². The number of nitrogens with two attached hydrogens (primary N) is 1. The van der Waals surface area contributed by atoms with Gasteiger partial charge in [-0.25, -0.2) is 0 Å². The average Bonchev–Trinajstić information content (AvgIpc) is 2.73. The maximum atomic E-state index is 6.15. The number of benzene rings is 1. The topological polar surface area (TPSA) is 74.2 Å². The van der Waals surface area contributed by atoms with Crippen molar-refractivity contribution < 1.29 is 9.15 Å². The third-order valence-electron chi connectivity index (χ3n) is 2.50. The van der Waals surface area contributed by atoms with Gasteiger partial charge in [0.25, 0.3) is 5.89 Å². The third kappa shape index (κ3) is 3.68. The highest BCUT2D eigenvalue weighted by Crippen LogP contribution is 2.30. The first-order valence-corrected chi connectivity index (χ1v) is 6.39. The Kier molecular flexibility index (Phi) is 4.39. The lowest BCUT2D eigenvalue weighted by Gasteiger charge is -2.13. The summed E-state index contributed by atoms with van der Waals surface area (Å²) in [5.74, 6) is 1.55. The van der Waals surface area contributed by atoms with E-state index in [-0.39, 0.29) is 12.6 Å². The summed E-state index contributed by atoms with van der Waals surface area (Å²) in [5, 5.41) is 8.16. The van der Waals surface area contributed by atoms with Crippen LogP contribution in [0.3, 0.4) is 0 Å². The van der Waals surface area contributed by atoms with Crippen LogP contribution in [0, 0.1) is 6.92 Å². The normalized spacial score (nSPS) is 12.4. The molecule has 0 spiro atoms. The highest BCUT2D eigenvalue weighted by Gasteiger charge is 2.12. The molecule has 19 heavy (non-hydrogen) atoms. The lowest BCUT2D eigenvalue weighted by atomic mass is 10.1. The Labute approximate surface area is 116 Å². The van der Waals surface area contributed by atoms with Crippen LogP contribution < -0.4 is 10.5 Å². The van der Waals surface area contributed by atoms with Crippen LogP contribution in [0.2, 0.25) is 5.02 Å². The molecule has 1 aromatic heterocycles. The Morgan fingerprint density at radius 3 is 2.84 bits per heavy atom. The number of halogens is 1. The molecular weight excluding hydrogens is 266 g/mol. The molecule has 0 aliphatic rings. The third-order valence-corrected chi connectivity index (χ3v) is 2.80. The van der Waals surface area contributed by atoms with E-state index < -0.39 is 0 Å².